The second-order valence-electron chi connectivity index (χ2n) is 7.41. The van der Waals surface area contributed by atoms with Crippen LogP contribution in [0.1, 0.15) is 62.5 Å². The first kappa shape index (κ1) is 20.5. The van der Waals surface area contributed by atoms with Gasteiger partial charge in [0, 0.05) is 6.42 Å². The van der Waals surface area contributed by atoms with Gasteiger partial charge in [-0.2, -0.15) is 13.2 Å². The van der Waals surface area contributed by atoms with Crippen molar-refractivity contribution in [3.63, 3.8) is 0 Å². The number of carbonyl (C=O) groups is 1. The van der Waals surface area contributed by atoms with E-state index in [2.05, 4.69) is 6.08 Å². The van der Waals surface area contributed by atoms with E-state index in [0.29, 0.717) is 6.61 Å². The summed E-state index contributed by atoms with van der Waals surface area (Å²) in [5.74, 6) is -0.950. The van der Waals surface area contributed by atoms with Crippen LogP contribution in [0.2, 0.25) is 0 Å². The first-order valence-electron chi connectivity index (χ1n) is 9.79. The number of carboxylic acids is 1. The molecule has 1 N–H and O–H groups in total. The van der Waals surface area contributed by atoms with Gasteiger partial charge in [-0.1, -0.05) is 12.1 Å². The highest BCUT2D eigenvalue weighted by molar-refractivity contribution is 5.67. The third-order valence-corrected chi connectivity index (χ3v) is 5.42. The van der Waals surface area contributed by atoms with Crippen molar-refractivity contribution in [1.29, 1.82) is 0 Å². The maximum absolute atomic E-state index is 13.4. The number of hydrogen-bond acceptors (Lipinski definition) is 2. The van der Waals surface area contributed by atoms with E-state index in [1.54, 1.807) is 0 Å². The van der Waals surface area contributed by atoms with Gasteiger partial charge in [0.1, 0.15) is 12.4 Å². The summed E-state index contributed by atoms with van der Waals surface area (Å²) in [6, 6.07) is 3.82. The zero-order valence-corrected chi connectivity index (χ0v) is 15.8. The molecule has 0 unspecified atom stereocenters. The van der Waals surface area contributed by atoms with E-state index >= 15 is 0 Å². The van der Waals surface area contributed by atoms with Crippen LogP contribution in [0.3, 0.4) is 0 Å². The number of benzene rings is 1. The Morgan fingerprint density at radius 1 is 1.11 bits per heavy atom. The van der Waals surface area contributed by atoms with Crippen LogP contribution in [-0.4, -0.2) is 17.7 Å². The lowest BCUT2D eigenvalue weighted by atomic mass is 9.91. The predicted molar refractivity (Wildman–Crippen MR) is 100 cm³/mol. The largest absolute Gasteiger partial charge is 0.489 e. The van der Waals surface area contributed by atoms with Crippen LogP contribution >= 0.6 is 0 Å². The lowest BCUT2D eigenvalue weighted by molar-refractivity contribution is -0.140. The molecule has 3 nitrogen and oxygen atoms in total. The van der Waals surface area contributed by atoms with E-state index in [9.17, 15) is 18.0 Å². The predicted octanol–water partition coefficient (Wildman–Crippen LogP) is 6.08. The molecule has 6 heteroatoms. The molecule has 0 heterocycles. The Labute approximate surface area is 162 Å². The zero-order valence-electron chi connectivity index (χ0n) is 15.8. The fourth-order valence-corrected chi connectivity index (χ4v) is 4.00. The second-order valence-corrected chi connectivity index (χ2v) is 7.41. The summed E-state index contributed by atoms with van der Waals surface area (Å²) in [6.07, 6.45) is 4.85. The Morgan fingerprint density at radius 2 is 1.93 bits per heavy atom. The smallest absolute Gasteiger partial charge is 0.416 e. The summed E-state index contributed by atoms with van der Waals surface area (Å²) in [7, 11) is 0. The van der Waals surface area contributed by atoms with Gasteiger partial charge in [-0.15, -0.1) is 0 Å². The Hall–Kier alpha value is -2.24. The number of carboxylic acid groups (broad SMARTS) is 1. The van der Waals surface area contributed by atoms with Gasteiger partial charge in [0.2, 0.25) is 0 Å². The zero-order chi connectivity index (χ0) is 20.1. The monoisotopic (exact) mass is 394 g/mol. The van der Waals surface area contributed by atoms with Gasteiger partial charge in [0.05, 0.1) is 5.56 Å². The fraction of sp³-hybridized carbons (Fsp3) is 0.500. The Kier molecular flexibility index (Phi) is 6.47. The van der Waals surface area contributed by atoms with E-state index < -0.39 is 17.7 Å². The highest BCUT2D eigenvalue weighted by Gasteiger charge is 2.34. The quantitative estimate of drug-likeness (QED) is 0.609. The number of hydrogen-bond donors (Lipinski definition) is 1. The molecule has 2 aliphatic rings. The van der Waals surface area contributed by atoms with E-state index in [4.69, 9.17) is 9.84 Å². The molecule has 2 aliphatic carbocycles. The van der Waals surface area contributed by atoms with Crippen molar-refractivity contribution in [2.45, 2.75) is 64.0 Å². The maximum atomic E-state index is 13.4. The molecule has 0 bridgehead atoms. The minimum absolute atomic E-state index is 0.0182. The third-order valence-electron chi connectivity index (χ3n) is 5.42. The highest BCUT2D eigenvalue weighted by atomic mass is 19.4. The molecule has 0 atom stereocenters. The van der Waals surface area contributed by atoms with E-state index in [1.165, 1.54) is 41.7 Å². The van der Waals surface area contributed by atoms with E-state index in [0.717, 1.165) is 38.2 Å². The Balaban J connectivity index is 1.75. The first-order valence-corrected chi connectivity index (χ1v) is 9.79. The summed E-state index contributed by atoms with van der Waals surface area (Å²) in [5.41, 5.74) is 3.09. The minimum Gasteiger partial charge on any atom is -0.489 e. The number of halogens is 3. The van der Waals surface area contributed by atoms with Gasteiger partial charge >= 0.3 is 12.1 Å². The van der Waals surface area contributed by atoms with Crippen molar-refractivity contribution in [2.75, 3.05) is 6.61 Å². The van der Waals surface area contributed by atoms with Crippen molar-refractivity contribution in [3.8, 4) is 5.75 Å². The summed E-state index contributed by atoms with van der Waals surface area (Å²) in [4.78, 5) is 10.7. The Morgan fingerprint density at radius 3 is 2.61 bits per heavy atom. The van der Waals surface area contributed by atoms with Gasteiger partial charge < -0.3 is 9.84 Å². The molecular formula is C22H25F3O3. The van der Waals surface area contributed by atoms with Crippen molar-refractivity contribution in [2.24, 2.45) is 0 Å². The molecule has 1 aromatic rings. The standard InChI is InChI=1S/C22H25F3O3/c23-22(24,25)20-13-18(11-9-16(20)10-12-21(26)27)28-14-17-7-4-8-19(17)15-5-2-1-3-6-15/h5,9,11,13H,1-4,6-8,10,12,14H2,(H,26,27). The van der Waals surface area contributed by atoms with Crippen LogP contribution in [0, 0.1) is 0 Å². The molecular weight excluding hydrogens is 369 g/mol. The summed E-state index contributed by atoms with van der Waals surface area (Å²) >= 11 is 0. The SMILES string of the molecule is O=C(O)CCc1ccc(OCC2=C(C3=CCCCC3)CCC2)cc1C(F)(F)F. The molecule has 0 aromatic heterocycles. The normalized spacial score (nSPS) is 17.6. The van der Waals surface area contributed by atoms with Crippen molar-refractivity contribution in [1.82, 2.24) is 0 Å². The van der Waals surface area contributed by atoms with Crippen LogP contribution in [0.25, 0.3) is 0 Å². The minimum atomic E-state index is -4.54. The molecule has 0 radical (unpaired) electrons. The van der Waals surface area contributed by atoms with Crippen LogP contribution in [0.5, 0.6) is 5.75 Å². The lowest BCUT2D eigenvalue weighted by Gasteiger charge is -2.17. The maximum Gasteiger partial charge on any atom is 0.416 e. The fourth-order valence-electron chi connectivity index (χ4n) is 4.00. The summed E-state index contributed by atoms with van der Waals surface area (Å²) in [5, 5.41) is 8.75. The molecule has 3 rings (SSSR count). The summed E-state index contributed by atoms with van der Waals surface area (Å²) in [6.45, 7) is 0.304. The van der Waals surface area contributed by atoms with Gasteiger partial charge in [-0.05, 0) is 85.8 Å². The average molecular weight is 394 g/mol. The number of rotatable bonds is 7. The third kappa shape index (κ3) is 5.18. The number of aliphatic carboxylic acids is 1. The molecule has 0 amide bonds. The van der Waals surface area contributed by atoms with Gasteiger partial charge in [0.15, 0.2) is 0 Å². The molecule has 0 spiro atoms. The van der Waals surface area contributed by atoms with E-state index in [1.807, 2.05) is 0 Å². The number of allylic oxidation sites excluding steroid dienone is 3. The molecule has 152 valence electrons. The molecule has 0 fully saturated rings. The second kappa shape index (κ2) is 8.84. The first-order chi connectivity index (χ1) is 13.3. The van der Waals surface area contributed by atoms with Crippen LogP contribution in [-0.2, 0) is 17.4 Å². The van der Waals surface area contributed by atoms with Crippen LogP contribution in [0.15, 0.2) is 41.0 Å². The van der Waals surface area contributed by atoms with Crippen molar-refractivity contribution < 1.29 is 27.8 Å². The molecule has 0 saturated heterocycles. The van der Waals surface area contributed by atoms with Crippen molar-refractivity contribution in [3.05, 3.63) is 52.1 Å². The number of alkyl halides is 3. The van der Waals surface area contributed by atoms with Crippen LogP contribution in [0.4, 0.5) is 13.2 Å². The molecule has 0 aliphatic heterocycles. The molecule has 0 saturated carbocycles. The number of ether oxygens (including phenoxy) is 1. The summed E-state index contributed by atoms with van der Waals surface area (Å²) < 4.78 is 45.9. The van der Waals surface area contributed by atoms with Gasteiger partial charge in [-0.3, -0.25) is 4.79 Å². The topological polar surface area (TPSA) is 46.5 Å². The number of aryl methyl sites for hydroxylation is 1. The van der Waals surface area contributed by atoms with Crippen LogP contribution < -0.4 is 4.74 Å². The lowest BCUT2D eigenvalue weighted by Crippen LogP contribution is -2.11. The average Bonchev–Trinajstić information content (AvgIpc) is 3.13. The van der Waals surface area contributed by atoms with Gasteiger partial charge in [-0.25, -0.2) is 0 Å². The molecule has 1 aromatic carbocycles. The molecule has 28 heavy (non-hydrogen) atoms. The van der Waals surface area contributed by atoms with E-state index in [-0.39, 0.29) is 24.2 Å². The Bertz CT molecular complexity index is 791. The highest BCUT2D eigenvalue weighted by Crippen LogP contribution is 2.37. The van der Waals surface area contributed by atoms with Gasteiger partial charge in [0.25, 0.3) is 0 Å². The van der Waals surface area contributed by atoms with Crippen molar-refractivity contribution >= 4 is 5.97 Å².